The van der Waals surface area contributed by atoms with Gasteiger partial charge in [-0.2, -0.15) is 0 Å². The number of benzene rings is 1. The highest BCUT2D eigenvalue weighted by molar-refractivity contribution is 7.99. The maximum Gasteiger partial charge on any atom is 0.128 e. The average molecular weight is 398 g/mol. The summed E-state index contributed by atoms with van der Waals surface area (Å²) in [7, 11) is 0. The van der Waals surface area contributed by atoms with Crippen molar-refractivity contribution in [1.29, 1.82) is 0 Å². The zero-order valence-corrected chi connectivity index (χ0v) is 17.4. The van der Waals surface area contributed by atoms with Crippen LogP contribution in [0.15, 0.2) is 40.5 Å². The Labute approximate surface area is 169 Å². The fraction of sp³-hybridized carbons (Fsp3) is 0.455. The van der Waals surface area contributed by atoms with Crippen LogP contribution in [0.5, 0.6) is 0 Å². The number of hydrogen-bond donors (Lipinski definition) is 1. The molecule has 0 saturated heterocycles. The van der Waals surface area contributed by atoms with E-state index in [2.05, 4.69) is 16.0 Å². The summed E-state index contributed by atoms with van der Waals surface area (Å²) in [5.41, 5.74) is 8.50. The molecule has 3 aromatic rings. The fourth-order valence-corrected chi connectivity index (χ4v) is 6.13. The topological polar surface area (TPSA) is 51.8 Å². The van der Waals surface area contributed by atoms with Gasteiger partial charge in [-0.3, -0.25) is 0 Å². The number of para-hydroxylation sites is 1. The van der Waals surface area contributed by atoms with E-state index >= 15 is 0 Å². The molecule has 0 bridgehead atoms. The summed E-state index contributed by atoms with van der Waals surface area (Å²) in [6, 6.07) is 8.05. The summed E-state index contributed by atoms with van der Waals surface area (Å²) in [6.45, 7) is 0. The molecule has 1 aliphatic rings. The summed E-state index contributed by atoms with van der Waals surface area (Å²) < 4.78 is 0. The number of hydrogen-bond acceptors (Lipinski definition) is 5. The minimum Gasteiger partial charge on any atom is -0.398 e. The van der Waals surface area contributed by atoms with E-state index in [-0.39, 0.29) is 0 Å². The minimum atomic E-state index is 0.813. The van der Waals surface area contributed by atoms with Crippen molar-refractivity contribution in [3.05, 3.63) is 41.0 Å². The molecular weight excluding hydrogens is 370 g/mol. The average Bonchev–Trinajstić information content (AvgIpc) is 3.02. The lowest BCUT2D eigenvalue weighted by molar-refractivity contribution is 0.562. The van der Waals surface area contributed by atoms with Crippen molar-refractivity contribution in [1.82, 2.24) is 9.97 Å². The highest BCUT2D eigenvalue weighted by atomic mass is 32.2. The van der Waals surface area contributed by atoms with Crippen molar-refractivity contribution < 1.29 is 0 Å². The molecular formula is C22H27N3S2. The van der Waals surface area contributed by atoms with Gasteiger partial charge in [0.15, 0.2) is 0 Å². The van der Waals surface area contributed by atoms with Crippen LogP contribution in [-0.4, -0.2) is 9.97 Å². The number of anilines is 1. The summed E-state index contributed by atoms with van der Waals surface area (Å²) in [4.78, 5) is 13.0. The number of nitrogens with two attached hydrogens (primary N) is 1. The van der Waals surface area contributed by atoms with E-state index in [1.165, 1.54) is 73.6 Å². The summed E-state index contributed by atoms with van der Waals surface area (Å²) in [5, 5.41) is 2.34. The molecule has 0 atom stereocenters. The Hall–Kier alpha value is -1.59. The number of thiophene rings is 1. The summed E-state index contributed by atoms with van der Waals surface area (Å²) in [6.07, 6.45) is 14.9. The van der Waals surface area contributed by atoms with Crippen molar-refractivity contribution >= 4 is 39.0 Å². The van der Waals surface area contributed by atoms with Gasteiger partial charge in [0.25, 0.3) is 0 Å². The van der Waals surface area contributed by atoms with Gasteiger partial charge in [-0.25, -0.2) is 9.97 Å². The van der Waals surface area contributed by atoms with Crippen molar-refractivity contribution in [3.63, 3.8) is 0 Å². The van der Waals surface area contributed by atoms with E-state index in [1.54, 1.807) is 18.1 Å². The molecule has 3 nitrogen and oxygen atoms in total. The molecule has 1 aliphatic carbocycles. The van der Waals surface area contributed by atoms with Gasteiger partial charge >= 0.3 is 0 Å². The molecule has 0 saturated carbocycles. The lowest BCUT2D eigenvalue weighted by Gasteiger charge is -2.10. The van der Waals surface area contributed by atoms with E-state index in [9.17, 15) is 0 Å². The van der Waals surface area contributed by atoms with Gasteiger partial charge < -0.3 is 5.73 Å². The smallest absolute Gasteiger partial charge is 0.128 e. The quantitative estimate of drug-likeness (QED) is 0.389. The van der Waals surface area contributed by atoms with Crippen LogP contribution in [0.4, 0.5) is 5.69 Å². The first-order chi connectivity index (χ1) is 13.3. The highest BCUT2D eigenvalue weighted by Gasteiger charge is 2.18. The van der Waals surface area contributed by atoms with Crippen molar-refractivity contribution in [3.8, 4) is 0 Å². The fourth-order valence-electron chi connectivity index (χ4n) is 3.88. The van der Waals surface area contributed by atoms with Crippen LogP contribution in [-0.2, 0) is 12.8 Å². The second kappa shape index (κ2) is 9.07. The lowest BCUT2D eigenvalue weighted by Crippen LogP contribution is -1.95. The Morgan fingerprint density at radius 1 is 0.852 bits per heavy atom. The predicted molar refractivity (Wildman–Crippen MR) is 117 cm³/mol. The molecule has 1 aromatic carbocycles. The van der Waals surface area contributed by atoms with Crippen LogP contribution in [0.3, 0.4) is 0 Å². The van der Waals surface area contributed by atoms with E-state index in [0.717, 1.165) is 26.9 Å². The molecule has 0 unspecified atom stereocenters. The van der Waals surface area contributed by atoms with Gasteiger partial charge in [-0.05, 0) is 43.4 Å². The monoisotopic (exact) mass is 397 g/mol. The predicted octanol–water partition coefficient (Wildman–Crippen LogP) is 6.64. The molecule has 0 fully saturated rings. The molecule has 0 aliphatic heterocycles. The first-order valence-electron chi connectivity index (χ1n) is 10.1. The van der Waals surface area contributed by atoms with Gasteiger partial charge in [0.2, 0.25) is 0 Å². The van der Waals surface area contributed by atoms with Crippen molar-refractivity contribution in [2.45, 2.75) is 74.1 Å². The number of aromatic nitrogens is 2. The molecule has 5 heteroatoms. The number of fused-ring (bicyclic) bond motifs is 3. The Kier molecular flexibility index (Phi) is 6.30. The molecule has 0 radical (unpaired) electrons. The van der Waals surface area contributed by atoms with Gasteiger partial charge in [0.05, 0.1) is 0 Å². The van der Waals surface area contributed by atoms with Gasteiger partial charge in [0, 0.05) is 20.8 Å². The zero-order valence-electron chi connectivity index (χ0n) is 15.7. The standard InChI is InChI=1S/C22H27N3S2/c23-17-12-9-10-14-19(17)27-22-20-16-11-7-5-3-1-2-4-6-8-13-18(16)26-21(20)24-15-25-22/h9-10,12,14-15H,1-8,11,13,23H2. The number of aryl methyl sites for hydroxylation is 2. The number of nitrogen functional groups attached to an aromatic ring is 1. The third-order valence-electron chi connectivity index (χ3n) is 5.34. The molecule has 2 N–H and O–H groups in total. The first-order valence-corrected chi connectivity index (χ1v) is 11.7. The van der Waals surface area contributed by atoms with E-state index in [0.29, 0.717) is 0 Å². The lowest BCUT2D eigenvalue weighted by atomic mass is 9.99. The normalized spacial score (nSPS) is 16.4. The SMILES string of the molecule is Nc1ccccc1Sc1ncnc2sc3c(c12)CCCCCCCCCC3. The molecule has 2 heterocycles. The van der Waals surface area contributed by atoms with Crippen LogP contribution in [0.2, 0.25) is 0 Å². The number of nitrogens with zero attached hydrogens (tertiary/aromatic N) is 2. The maximum atomic E-state index is 6.18. The Bertz CT molecular complexity index is 904. The van der Waals surface area contributed by atoms with Crippen LogP contribution in [0.25, 0.3) is 10.2 Å². The largest absolute Gasteiger partial charge is 0.398 e. The van der Waals surface area contributed by atoms with Crippen molar-refractivity contribution in [2.75, 3.05) is 5.73 Å². The summed E-state index contributed by atoms with van der Waals surface area (Å²) >= 11 is 3.56. The van der Waals surface area contributed by atoms with Crippen LogP contribution >= 0.6 is 23.1 Å². The Balaban J connectivity index is 1.71. The highest BCUT2D eigenvalue weighted by Crippen LogP contribution is 2.40. The van der Waals surface area contributed by atoms with Crippen LogP contribution in [0.1, 0.15) is 61.8 Å². The van der Waals surface area contributed by atoms with E-state index in [1.807, 2.05) is 29.5 Å². The second-order valence-corrected chi connectivity index (χ2v) is 9.45. The molecule has 2 aromatic heterocycles. The Morgan fingerprint density at radius 2 is 1.56 bits per heavy atom. The molecule has 0 spiro atoms. The maximum absolute atomic E-state index is 6.18. The van der Waals surface area contributed by atoms with Crippen LogP contribution in [0, 0.1) is 0 Å². The van der Waals surface area contributed by atoms with Gasteiger partial charge in [-0.15, -0.1) is 11.3 Å². The minimum absolute atomic E-state index is 0.813. The second-order valence-electron chi connectivity index (χ2n) is 7.33. The molecule has 0 amide bonds. The van der Waals surface area contributed by atoms with Gasteiger partial charge in [0.1, 0.15) is 16.2 Å². The third-order valence-corrected chi connectivity index (χ3v) is 7.64. The molecule has 27 heavy (non-hydrogen) atoms. The van der Waals surface area contributed by atoms with Gasteiger partial charge in [-0.1, -0.05) is 62.4 Å². The van der Waals surface area contributed by atoms with Crippen molar-refractivity contribution in [2.24, 2.45) is 0 Å². The van der Waals surface area contributed by atoms with E-state index < -0.39 is 0 Å². The van der Waals surface area contributed by atoms with E-state index in [4.69, 9.17) is 5.73 Å². The number of rotatable bonds is 2. The Morgan fingerprint density at radius 3 is 2.33 bits per heavy atom. The molecule has 142 valence electrons. The first kappa shape index (κ1) is 18.8. The molecule has 4 rings (SSSR count). The third kappa shape index (κ3) is 4.46. The zero-order chi connectivity index (χ0) is 18.5. The summed E-state index contributed by atoms with van der Waals surface area (Å²) in [5.74, 6) is 0. The van der Waals surface area contributed by atoms with Crippen LogP contribution < -0.4 is 5.73 Å².